The first kappa shape index (κ1) is 14.3. The molecule has 5 heteroatoms. The zero-order valence-electron chi connectivity index (χ0n) is 10.5. The molecule has 0 atom stereocenters. The third-order valence-corrected chi connectivity index (χ3v) is 3.57. The van der Waals surface area contributed by atoms with Crippen LogP contribution < -0.4 is 5.73 Å². The fraction of sp³-hybridized carbons (Fsp3) is 0.0667. The molecule has 2 aromatic carbocycles. The second-order valence-electron chi connectivity index (χ2n) is 4.09. The third kappa shape index (κ3) is 3.45. The van der Waals surface area contributed by atoms with Crippen LogP contribution in [0.1, 0.15) is 20.7 Å². The van der Waals surface area contributed by atoms with Crippen LogP contribution in [0.4, 0.5) is 10.1 Å². The number of nitrogen functional groups attached to an aromatic ring is 1. The van der Waals surface area contributed by atoms with Crippen LogP contribution in [0.25, 0.3) is 0 Å². The van der Waals surface area contributed by atoms with E-state index in [1.165, 1.54) is 24.3 Å². The largest absolute Gasteiger partial charge is 0.398 e. The Balaban J connectivity index is 1.99. The van der Waals surface area contributed by atoms with Crippen LogP contribution in [0.15, 0.2) is 48.5 Å². The van der Waals surface area contributed by atoms with E-state index in [0.717, 1.165) is 11.8 Å². The molecule has 0 heterocycles. The molecule has 0 aliphatic carbocycles. The van der Waals surface area contributed by atoms with Crippen molar-refractivity contribution in [1.29, 1.82) is 0 Å². The molecule has 3 nitrogen and oxygen atoms in total. The maximum Gasteiger partial charge on any atom is 0.221 e. The first-order valence-corrected chi connectivity index (χ1v) is 6.87. The van der Waals surface area contributed by atoms with Crippen molar-refractivity contribution in [3.05, 3.63) is 65.5 Å². The Bertz CT molecular complexity index is 641. The number of ketones is 1. The standard InChI is InChI=1S/C15H12FNO2S/c16-11-7-5-10(6-8-11)14(18)9-20-15(19)12-3-1-2-4-13(12)17/h1-8H,9,17H2. The normalized spacial score (nSPS) is 10.2. The number of thioether (sulfide) groups is 1. The highest BCUT2D eigenvalue weighted by atomic mass is 32.2. The van der Waals surface area contributed by atoms with Crippen LogP contribution in [-0.2, 0) is 0 Å². The molecule has 2 rings (SSSR count). The van der Waals surface area contributed by atoms with Crippen LogP contribution in [0.5, 0.6) is 0 Å². The molecule has 0 bridgehead atoms. The van der Waals surface area contributed by atoms with Crippen molar-refractivity contribution in [2.75, 3.05) is 11.5 Å². The molecule has 0 unspecified atom stereocenters. The average molecular weight is 289 g/mol. The SMILES string of the molecule is Nc1ccccc1C(=O)SCC(=O)c1ccc(F)cc1. The van der Waals surface area contributed by atoms with Gasteiger partial charge in [0, 0.05) is 11.3 Å². The van der Waals surface area contributed by atoms with Crippen molar-refractivity contribution in [2.24, 2.45) is 0 Å². The molecule has 0 saturated carbocycles. The average Bonchev–Trinajstić information content (AvgIpc) is 2.45. The highest BCUT2D eigenvalue weighted by Crippen LogP contribution is 2.19. The number of hydrogen-bond acceptors (Lipinski definition) is 4. The molecule has 0 fully saturated rings. The monoisotopic (exact) mass is 289 g/mol. The molecule has 0 aliphatic rings. The Morgan fingerprint density at radius 3 is 2.35 bits per heavy atom. The number of benzene rings is 2. The minimum Gasteiger partial charge on any atom is -0.398 e. The summed E-state index contributed by atoms with van der Waals surface area (Å²) >= 11 is 0.889. The summed E-state index contributed by atoms with van der Waals surface area (Å²) in [5.41, 5.74) is 6.86. The molecule has 2 aromatic rings. The topological polar surface area (TPSA) is 60.2 Å². The van der Waals surface area contributed by atoms with E-state index in [9.17, 15) is 14.0 Å². The fourth-order valence-electron chi connectivity index (χ4n) is 1.61. The van der Waals surface area contributed by atoms with Crippen LogP contribution in [0.2, 0.25) is 0 Å². The number of carbonyl (C=O) groups is 2. The lowest BCUT2D eigenvalue weighted by atomic mass is 10.1. The number of para-hydroxylation sites is 1. The van der Waals surface area contributed by atoms with Gasteiger partial charge in [-0.25, -0.2) is 4.39 Å². The molecule has 0 saturated heterocycles. The van der Waals surface area contributed by atoms with Gasteiger partial charge in [0.2, 0.25) is 5.12 Å². The summed E-state index contributed by atoms with van der Waals surface area (Å²) in [6.07, 6.45) is 0. The molecule has 0 radical (unpaired) electrons. The van der Waals surface area contributed by atoms with Crippen LogP contribution in [-0.4, -0.2) is 16.7 Å². The quantitative estimate of drug-likeness (QED) is 0.693. The van der Waals surface area contributed by atoms with Crippen LogP contribution in [0.3, 0.4) is 0 Å². The van der Waals surface area contributed by atoms with E-state index < -0.39 is 5.82 Å². The van der Waals surface area contributed by atoms with E-state index in [1.807, 2.05) is 0 Å². The minimum atomic E-state index is -0.401. The van der Waals surface area contributed by atoms with E-state index in [-0.39, 0.29) is 16.7 Å². The number of anilines is 1. The van der Waals surface area contributed by atoms with E-state index in [1.54, 1.807) is 24.3 Å². The van der Waals surface area contributed by atoms with Gasteiger partial charge in [0.05, 0.1) is 11.3 Å². The van der Waals surface area contributed by atoms with Gasteiger partial charge in [-0.05, 0) is 36.4 Å². The number of carbonyl (C=O) groups excluding carboxylic acids is 2. The van der Waals surface area contributed by atoms with Crippen LogP contribution in [0, 0.1) is 5.82 Å². The fourth-order valence-corrected chi connectivity index (χ4v) is 2.38. The lowest BCUT2D eigenvalue weighted by Gasteiger charge is -2.04. The lowest BCUT2D eigenvalue weighted by molar-refractivity contribution is 0.101. The Kier molecular flexibility index (Phi) is 4.53. The Morgan fingerprint density at radius 2 is 1.70 bits per heavy atom. The van der Waals surface area contributed by atoms with Crippen molar-refractivity contribution < 1.29 is 14.0 Å². The van der Waals surface area contributed by atoms with Crippen molar-refractivity contribution in [2.45, 2.75) is 0 Å². The van der Waals surface area contributed by atoms with Gasteiger partial charge in [0.15, 0.2) is 5.78 Å². The molecular weight excluding hydrogens is 277 g/mol. The van der Waals surface area contributed by atoms with E-state index >= 15 is 0 Å². The van der Waals surface area contributed by atoms with Gasteiger partial charge in [-0.2, -0.15) is 0 Å². The molecule has 0 aliphatic heterocycles. The first-order chi connectivity index (χ1) is 9.58. The van der Waals surface area contributed by atoms with Crippen molar-refractivity contribution in [1.82, 2.24) is 0 Å². The summed E-state index contributed by atoms with van der Waals surface area (Å²) in [7, 11) is 0. The highest BCUT2D eigenvalue weighted by Gasteiger charge is 2.13. The maximum atomic E-state index is 12.7. The zero-order valence-corrected chi connectivity index (χ0v) is 11.3. The Morgan fingerprint density at radius 1 is 1.05 bits per heavy atom. The van der Waals surface area contributed by atoms with Gasteiger partial charge >= 0.3 is 0 Å². The van der Waals surface area contributed by atoms with Crippen molar-refractivity contribution in [3.63, 3.8) is 0 Å². The predicted octanol–water partition coefficient (Wildman–Crippen LogP) is 3.16. The minimum absolute atomic E-state index is 0.00119. The van der Waals surface area contributed by atoms with Gasteiger partial charge in [0.1, 0.15) is 5.82 Å². The van der Waals surface area contributed by atoms with Crippen molar-refractivity contribution >= 4 is 28.3 Å². The first-order valence-electron chi connectivity index (χ1n) is 5.88. The third-order valence-electron chi connectivity index (χ3n) is 2.68. The van der Waals surface area contributed by atoms with Gasteiger partial charge < -0.3 is 5.73 Å². The van der Waals surface area contributed by atoms with Gasteiger partial charge in [-0.1, -0.05) is 23.9 Å². The second kappa shape index (κ2) is 6.34. The van der Waals surface area contributed by atoms with E-state index in [0.29, 0.717) is 16.8 Å². The molecule has 2 N–H and O–H groups in total. The molecule has 0 aromatic heterocycles. The second-order valence-corrected chi connectivity index (χ2v) is 5.04. The summed E-state index contributed by atoms with van der Waals surface area (Å²) in [5.74, 6) is -0.626. The van der Waals surface area contributed by atoms with Crippen LogP contribution >= 0.6 is 11.8 Å². The molecule has 0 spiro atoms. The maximum absolute atomic E-state index is 12.7. The number of rotatable bonds is 4. The van der Waals surface area contributed by atoms with E-state index in [2.05, 4.69) is 0 Å². The van der Waals surface area contributed by atoms with Gasteiger partial charge in [0.25, 0.3) is 0 Å². The lowest BCUT2D eigenvalue weighted by Crippen LogP contribution is -2.07. The summed E-state index contributed by atoms with van der Waals surface area (Å²) in [4.78, 5) is 23.8. The van der Waals surface area contributed by atoms with Gasteiger partial charge in [-0.3, -0.25) is 9.59 Å². The van der Waals surface area contributed by atoms with Crippen molar-refractivity contribution in [3.8, 4) is 0 Å². The summed E-state index contributed by atoms with van der Waals surface area (Å²) < 4.78 is 12.7. The number of nitrogens with two attached hydrogens (primary N) is 1. The smallest absolute Gasteiger partial charge is 0.221 e. The Labute approximate surface area is 120 Å². The highest BCUT2D eigenvalue weighted by molar-refractivity contribution is 8.14. The summed E-state index contributed by atoms with van der Waals surface area (Å²) in [5, 5.41) is -0.251. The van der Waals surface area contributed by atoms with E-state index in [4.69, 9.17) is 5.73 Å². The zero-order chi connectivity index (χ0) is 14.5. The number of hydrogen-bond donors (Lipinski definition) is 1. The van der Waals surface area contributed by atoms with Gasteiger partial charge in [-0.15, -0.1) is 0 Å². The molecular formula is C15H12FNO2S. The summed E-state index contributed by atoms with van der Waals surface area (Å²) in [6, 6.07) is 11.9. The molecule has 20 heavy (non-hydrogen) atoms. The summed E-state index contributed by atoms with van der Waals surface area (Å²) in [6.45, 7) is 0. The Hall–Kier alpha value is -2.14. The molecule has 102 valence electrons. The molecule has 0 amide bonds. The number of Topliss-reactive ketones (excluding diaryl/α,β-unsaturated/α-hetero) is 1. The number of halogens is 1. The predicted molar refractivity (Wildman–Crippen MR) is 78.4 cm³/mol.